The molecule has 3 rings (SSSR count). The van der Waals surface area contributed by atoms with Crippen LogP contribution in [0.15, 0.2) is 42.6 Å². The highest BCUT2D eigenvalue weighted by molar-refractivity contribution is 6.30. The number of nitrogens with two attached hydrogens (primary N) is 1. The van der Waals surface area contributed by atoms with E-state index in [-0.39, 0.29) is 5.92 Å². The molecule has 2 aromatic rings. The Morgan fingerprint density at radius 1 is 1.26 bits per heavy atom. The summed E-state index contributed by atoms with van der Waals surface area (Å²) in [6, 6.07) is 12.0. The lowest BCUT2D eigenvalue weighted by molar-refractivity contribution is 0.381. The van der Waals surface area contributed by atoms with E-state index in [1.54, 1.807) is 0 Å². The second-order valence-corrected chi connectivity index (χ2v) is 5.87. The van der Waals surface area contributed by atoms with Gasteiger partial charge in [-0.15, -0.1) is 0 Å². The maximum absolute atomic E-state index is 6.63. The van der Waals surface area contributed by atoms with E-state index in [1.165, 1.54) is 5.56 Å². The fraction of sp³-hybridized carbons (Fsp3) is 0.312. The molecule has 0 aliphatic heterocycles. The van der Waals surface area contributed by atoms with E-state index in [0.29, 0.717) is 0 Å². The average Bonchev–Trinajstić information content (AvgIpc) is 2.83. The van der Waals surface area contributed by atoms with Gasteiger partial charge in [-0.05, 0) is 49.1 Å². The standard InChI is InChI=1S/C16H17ClN2/c1-16(18,12-5-7-13(17)8-6-12)14-9-4-11-3-2-10-19-15(11)14/h2-3,5-8,10,14H,4,9,18H2,1H3. The molecular formula is C16H17ClN2. The van der Waals surface area contributed by atoms with Gasteiger partial charge in [0.05, 0.1) is 0 Å². The molecule has 1 aromatic carbocycles. The highest BCUT2D eigenvalue weighted by Gasteiger charge is 2.38. The highest BCUT2D eigenvalue weighted by atomic mass is 35.5. The van der Waals surface area contributed by atoms with Crippen molar-refractivity contribution >= 4 is 11.6 Å². The van der Waals surface area contributed by atoms with Gasteiger partial charge in [-0.3, -0.25) is 4.98 Å². The van der Waals surface area contributed by atoms with Crippen LogP contribution in [0.2, 0.25) is 5.02 Å². The van der Waals surface area contributed by atoms with Crippen LogP contribution in [0.3, 0.4) is 0 Å². The summed E-state index contributed by atoms with van der Waals surface area (Å²) in [6.45, 7) is 2.09. The minimum Gasteiger partial charge on any atom is -0.321 e. The number of rotatable bonds is 2. The van der Waals surface area contributed by atoms with E-state index in [9.17, 15) is 0 Å². The zero-order chi connectivity index (χ0) is 13.5. The maximum Gasteiger partial charge on any atom is 0.0488 e. The molecule has 2 atom stereocenters. The molecule has 2 unspecified atom stereocenters. The molecule has 1 aliphatic carbocycles. The first-order valence-electron chi connectivity index (χ1n) is 6.58. The molecule has 98 valence electrons. The van der Waals surface area contributed by atoms with Gasteiger partial charge in [0.25, 0.3) is 0 Å². The molecule has 0 radical (unpaired) electrons. The van der Waals surface area contributed by atoms with E-state index in [1.807, 2.05) is 36.5 Å². The summed E-state index contributed by atoms with van der Waals surface area (Å²) < 4.78 is 0. The van der Waals surface area contributed by atoms with Crippen molar-refractivity contribution in [2.24, 2.45) is 5.73 Å². The molecule has 0 saturated heterocycles. The van der Waals surface area contributed by atoms with E-state index >= 15 is 0 Å². The number of fused-ring (bicyclic) bond motifs is 1. The van der Waals surface area contributed by atoms with Crippen molar-refractivity contribution in [3.63, 3.8) is 0 Å². The van der Waals surface area contributed by atoms with Crippen LogP contribution in [-0.4, -0.2) is 4.98 Å². The Hall–Kier alpha value is -1.38. The Morgan fingerprint density at radius 3 is 2.74 bits per heavy atom. The van der Waals surface area contributed by atoms with Crippen LogP contribution in [-0.2, 0) is 12.0 Å². The fourth-order valence-corrected chi connectivity index (χ4v) is 3.13. The minimum atomic E-state index is -0.413. The van der Waals surface area contributed by atoms with Crippen molar-refractivity contribution in [3.8, 4) is 0 Å². The Morgan fingerprint density at radius 2 is 2.00 bits per heavy atom. The molecule has 0 bridgehead atoms. The monoisotopic (exact) mass is 272 g/mol. The summed E-state index contributed by atoms with van der Waals surface area (Å²) in [5.41, 5.74) is 9.81. The Bertz CT molecular complexity index is 590. The molecule has 19 heavy (non-hydrogen) atoms. The molecule has 0 fully saturated rings. The molecule has 2 N–H and O–H groups in total. The smallest absolute Gasteiger partial charge is 0.0488 e. The second-order valence-electron chi connectivity index (χ2n) is 5.43. The summed E-state index contributed by atoms with van der Waals surface area (Å²) in [5.74, 6) is 0.268. The zero-order valence-electron chi connectivity index (χ0n) is 10.9. The SMILES string of the molecule is CC(N)(c1ccc(Cl)cc1)C1CCc2cccnc21. The highest BCUT2D eigenvalue weighted by Crippen LogP contribution is 2.42. The van der Waals surface area contributed by atoms with Crippen LogP contribution < -0.4 is 5.73 Å². The van der Waals surface area contributed by atoms with Gasteiger partial charge in [-0.25, -0.2) is 0 Å². The number of aromatic nitrogens is 1. The third kappa shape index (κ3) is 2.15. The van der Waals surface area contributed by atoms with Crippen LogP contribution in [0.5, 0.6) is 0 Å². The van der Waals surface area contributed by atoms with Crippen molar-refractivity contribution in [1.29, 1.82) is 0 Å². The van der Waals surface area contributed by atoms with Gasteiger partial charge in [-0.1, -0.05) is 29.8 Å². The molecule has 1 aliphatic rings. The van der Waals surface area contributed by atoms with Crippen molar-refractivity contribution in [3.05, 3.63) is 64.4 Å². The number of nitrogens with zero attached hydrogens (tertiary/aromatic N) is 1. The van der Waals surface area contributed by atoms with Gasteiger partial charge in [0.15, 0.2) is 0 Å². The normalized spacial score (nSPS) is 20.9. The van der Waals surface area contributed by atoms with Gasteiger partial charge in [0.1, 0.15) is 0 Å². The van der Waals surface area contributed by atoms with Gasteiger partial charge >= 0.3 is 0 Å². The van der Waals surface area contributed by atoms with Crippen LogP contribution in [0.25, 0.3) is 0 Å². The fourth-order valence-electron chi connectivity index (χ4n) is 3.01. The van der Waals surface area contributed by atoms with E-state index in [2.05, 4.69) is 18.0 Å². The van der Waals surface area contributed by atoms with Crippen LogP contribution >= 0.6 is 11.6 Å². The van der Waals surface area contributed by atoms with Crippen molar-refractivity contribution in [2.75, 3.05) is 0 Å². The first kappa shape index (κ1) is 12.6. The first-order chi connectivity index (χ1) is 9.09. The van der Waals surface area contributed by atoms with Gasteiger partial charge in [-0.2, -0.15) is 0 Å². The predicted molar refractivity (Wildman–Crippen MR) is 78.3 cm³/mol. The quantitative estimate of drug-likeness (QED) is 0.907. The summed E-state index contributed by atoms with van der Waals surface area (Å²) in [4.78, 5) is 4.54. The lowest BCUT2D eigenvalue weighted by Crippen LogP contribution is -2.39. The number of halogens is 1. The topological polar surface area (TPSA) is 38.9 Å². The van der Waals surface area contributed by atoms with Gasteiger partial charge in [0, 0.05) is 28.4 Å². The van der Waals surface area contributed by atoms with E-state index in [4.69, 9.17) is 17.3 Å². The van der Waals surface area contributed by atoms with Gasteiger partial charge < -0.3 is 5.73 Å². The first-order valence-corrected chi connectivity index (χ1v) is 6.95. The number of pyridine rings is 1. The summed E-state index contributed by atoms with van der Waals surface area (Å²) in [7, 11) is 0. The second kappa shape index (κ2) is 4.62. The lowest BCUT2D eigenvalue weighted by Gasteiger charge is -2.32. The molecule has 2 nitrogen and oxygen atoms in total. The summed E-state index contributed by atoms with van der Waals surface area (Å²) >= 11 is 5.95. The third-order valence-corrected chi connectivity index (χ3v) is 4.40. The Kier molecular flexibility index (Phi) is 3.08. The third-order valence-electron chi connectivity index (χ3n) is 4.15. The molecule has 3 heteroatoms. The Balaban J connectivity index is 2.00. The number of aryl methyl sites for hydroxylation is 1. The largest absolute Gasteiger partial charge is 0.321 e. The molecule has 1 aromatic heterocycles. The van der Waals surface area contributed by atoms with Crippen molar-refractivity contribution < 1.29 is 0 Å². The number of hydrogen-bond donors (Lipinski definition) is 1. The van der Waals surface area contributed by atoms with Crippen molar-refractivity contribution in [2.45, 2.75) is 31.2 Å². The summed E-state index contributed by atoms with van der Waals surface area (Å²) in [5, 5.41) is 0.740. The maximum atomic E-state index is 6.63. The lowest BCUT2D eigenvalue weighted by atomic mass is 9.79. The van der Waals surface area contributed by atoms with E-state index < -0.39 is 5.54 Å². The van der Waals surface area contributed by atoms with Gasteiger partial charge in [0.2, 0.25) is 0 Å². The predicted octanol–water partition coefficient (Wildman–Crippen LogP) is 3.64. The van der Waals surface area contributed by atoms with Crippen LogP contribution in [0.4, 0.5) is 0 Å². The molecule has 0 spiro atoms. The minimum absolute atomic E-state index is 0.268. The average molecular weight is 273 g/mol. The zero-order valence-corrected chi connectivity index (χ0v) is 11.7. The molecule has 0 amide bonds. The van der Waals surface area contributed by atoms with E-state index in [0.717, 1.165) is 29.1 Å². The molecule has 1 heterocycles. The van der Waals surface area contributed by atoms with Crippen LogP contribution in [0, 0.1) is 0 Å². The van der Waals surface area contributed by atoms with Crippen molar-refractivity contribution in [1.82, 2.24) is 4.98 Å². The number of hydrogen-bond acceptors (Lipinski definition) is 2. The molecular weight excluding hydrogens is 256 g/mol. The van der Waals surface area contributed by atoms with Crippen LogP contribution in [0.1, 0.15) is 36.1 Å². The Labute approximate surface area is 118 Å². The number of benzene rings is 1. The summed E-state index contributed by atoms with van der Waals surface area (Å²) in [6.07, 6.45) is 3.98. The molecule has 0 saturated carbocycles.